The fourth-order valence-electron chi connectivity index (χ4n) is 1.79. The van der Waals surface area contributed by atoms with E-state index < -0.39 is 0 Å². The van der Waals surface area contributed by atoms with Crippen LogP contribution in [0.4, 0.5) is 0 Å². The Balaban J connectivity index is 2.16. The van der Waals surface area contributed by atoms with Crippen LogP contribution in [0.2, 0.25) is 0 Å². The van der Waals surface area contributed by atoms with Gasteiger partial charge in [-0.15, -0.1) is 6.42 Å². The van der Waals surface area contributed by atoms with Crippen molar-refractivity contribution in [3.05, 3.63) is 27.7 Å². The standard InChI is InChI=1S/C14H16BrNO/c1-3-6-17-14-10(2)7-12(15)8-11(14)9-16-13-4-5-13/h1,7-8,13,16H,4-6,9H2,2H3. The van der Waals surface area contributed by atoms with Gasteiger partial charge >= 0.3 is 0 Å². The van der Waals surface area contributed by atoms with Gasteiger partial charge in [-0.1, -0.05) is 21.9 Å². The lowest BCUT2D eigenvalue weighted by Crippen LogP contribution is -2.16. The molecule has 3 heteroatoms. The van der Waals surface area contributed by atoms with E-state index in [9.17, 15) is 0 Å². The van der Waals surface area contributed by atoms with Crippen molar-refractivity contribution in [2.45, 2.75) is 32.4 Å². The summed E-state index contributed by atoms with van der Waals surface area (Å²) >= 11 is 3.51. The van der Waals surface area contributed by atoms with Crippen LogP contribution < -0.4 is 10.1 Å². The normalized spacial score (nSPS) is 14.4. The van der Waals surface area contributed by atoms with Crippen LogP contribution in [-0.2, 0) is 6.54 Å². The van der Waals surface area contributed by atoms with E-state index >= 15 is 0 Å². The van der Waals surface area contributed by atoms with Crippen molar-refractivity contribution in [3.8, 4) is 18.1 Å². The van der Waals surface area contributed by atoms with Gasteiger partial charge in [-0.2, -0.15) is 0 Å². The van der Waals surface area contributed by atoms with Crippen molar-refractivity contribution < 1.29 is 4.74 Å². The minimum absolute atomic E-state index is 0.318. The summed E-state index contributed by atoms with van der Waals surface area (Å²) in [6.45, 7) is 3.20. The van der Waals surface area contributed by atoms with Crippen molar-refractivity contribution >= 4 is 15.9 Å². The summed E-state index contributed by atoms with van der Waals surface area (Å²) in [4.78, 5) is 0. The highest BCUT2D eigenvalue weighted by molar-refractivity contribution is 9.10. The number of rotatable bonds is 5. The highest BCUT2D eigenvalue weighted by atomic mass is 79.9. The maximum atomic E-state index is 5.63. The fraction of sp³-hybridized carbons (Fsp3) is 0.429. The third-order valence-corrected chi connectivity index (χ3v) is 3.23. The zero-order valence-corrected chi connectivity index (χ0v) is 11.5. The molecule has 17 heavy (non-hydrogen) atoms. The first-order valence-electron chi connectivity index (χ1n) is 5.79. The SMILES string of the molecule is C#CCOc1c(C)cc(Br)cc1CNC1CC1. The molecule has 1 aliphatic carbocycles. The summed E-state index contributed by atoms with van der Waals surface area (Å²) in [6.07, 6.45) is 7.81. The lowest BCUT2D eigenvalue weighted by atomic mass is 10.1. The molecule has 0 unspecified atom stereocenters. The molecule has 2 nitrogen and oxygen atoms in total. The zero-order valence-electron chi connectivity index (χ0n) is 9.92. The molecule has 1 aromatic rings. The molecule has 0 radical (unpaired) electrons. The van der Waals surface area contributed by atoms with E-state index in [1.165, 1.54) is 18.4 Å². The molecule has 1 aromatic carbocycles. The van der Waals surface area contributed by atoms with Gasteiger partial charge in [-0.05, 0) is 37.5 Å². The molecule has 0 spiro atoms. The number of ether oxygens (including phenoxy) is 1. The largest absolute Gasteiger partial charge is 0.480 e. The van der Waals surface area contributed by atoms with Gasteiger partial charge in [-0.25, -0.2) is 0 Å². The van der Waals surface area contributed by atoms with Crippen LogP contribution in [0.15, 0.2) is 16.6 Å². The minimum atomic E-state index is 0.318. The first-order valence-corrected chi connectivity index (χ1v) is 6.58. The van der Waals surface area contributed by atoms with Crippen LogP contribution in [0.25, 0.3) is 0 Å². The second kappa shape index (κ2) is 5.57. The predicted molar refractivity (Wildman–Crippen MR) is 73.1 cm³/mol. The van der Waals surface area contributed by atoms with E-state index in [1.54, 1.807) is 0 Å². The number of hydrogen-bond donors (Lipinski definition) is 1. The van der Waals surface area contributed by atoms with Gasteiger partial charge in [-0.3, -0.25) is 0 Å². The van der Waals surface area contributed by atoms with E-state index in [-0.39, 0.29) is 0 Å². The average Bonchev–Trinajstić information content (AvgIpc) is 3.08. The van der Waals surface area contributed by atoms with Gasteiger partial charge in [0.05, 0.1) is 0 Å². The lowest BCUT2D eigenvalue weighted by molar-refractivity contribution is 0.362. The number of hydrogen-bond acceptors (Lipinski definition) is 2. The van der Waals surface area contributed by atoms with Gasteiger partial charge in [0.1, 0.15) is 12.4 Å². The molecule has 0 aliphatic heterocycles. The lowest BCUT2D eigenvalue weighted by Gasteiger charge is -2.14. The predicted octanol–water partition coefficient (Wildman–Crippen LogP) is 3.02. The van der Waals surface area contributed by atoms with Gasteiger partial charge in [0.25, 0.3) is 0 Å². The molecule has 1 saturated carbocycles. The van der Waals surface area contributed by atoms with Gasteiger partial charge in [0, 0.05) is 22.6 Å². The molecule has 1 aliphatic rings. The molecule has 1 fully saturated rings. The molecule has 2 rings (SSSR count). The van der Waals surface area contributed by atoms with Crippen molar-refractivity contribution in [2.75, 3.05) is 6.61 Å². The van der Waals surface area contributed by atoms with Crippen molar-refractivity contribution in [3.63, 3.8) is 0 Å². The Morgan fingerprint density at radius 2 is 2.29 bits per heavy atom. The third kappa shape index (κ3) is 3.49. The van der Waals surface area contributed by atoms with E-state index in [0.717, 1.165) is 22.3 Å². The molecule has 1 N–H and O–H groups in total. The Hall–Kier alpha value is -0.980. The first kappa shape index (κ1) is 12.5. The highest BCUT2D eigenvalue weighted by Gasteiger charge is 2.21. The monoisotopic (exact) mass is 293 g/mol. The van der Waals surface area contributed by atoms with E-state index in [2.05, 4.69) is 33.2 Å². The minimum Gasteiger partial charge on any atom is -0.480 e. The van der Waals surface area contributed by atoms with Crippen molar-refractivity contribution in [1.29, 1.82) is 0 Å². The van der Waals surface area contributed by atoms with Crippen LogP contribution >= 0.6 is 15.9 Å². The molecular formula is C14H16BrNO. The topological polar surface area (TPSA) is 21.3 Å². The summed E-state index contributed by atoms with van der Waals surface area (Å²) in [5.74, 6) is 3.42. The summed E-state index contributed by atoms with van der Waals surface area (Å²) in [5, 5.41) is 3.49. The number of aryl methyl sites for hydroxylation is 1. The quantitative estimate of drug-likeness (QED) is 0.843. The maximum Gasteiger partial charge on any atom is 0.148 e. The van der Waals surface area contributed by atoms with Crippen molar-refractivity contribution in [1.82, 2.24) is 5.32 Å². The Bertz CT molecular complexity index is 446. The first-order chi connectivity index (χ1) is 8.20. The fourth-order valence-corrected chi connectivity index (χ4v) is 2.41. The molecule has 90 valence electrons. The Morgan fingerprint density at radius 3 is 2.94 bits per heavy atom. The molecule has 0 aromatic heterocycles. The Kier molecular flexibility index (Phi) is 4.09. The Labute approximate surface area is 111 Å². The second-order valence-corrected chi connectivity index (χ2v) is 5.27. The molecule has 0 heterocycles. The molecule has 0 bridgehead atoms. The highest BCUT2D eigenvalue weighted by Crippen LogP contribution is 2.29. The molecule has 0 amide bonds. The van der Waals surface area contributed by atoms with Gasteiger partial charge < -0.3 is 10.1 Å². The van der Waals surface area contributed by atoms with Gasteiger partial charge in [0.15, 0.2) is 0 Å². The summed E-state index contributed by atoms with van der Waals surface area (Å²) in [5.41, 5.74) is 2.28. The average molecular weight is 294 g/mol. The van der Waals surface area contributed by atoms with Crippen LogP contribution in [0.1, 0.15) is 24.0 Å². The zero-order chi connectivity index (χ0) is 12.3. The van der Waals surface area contributed by atoms with E-state index in [1.807, 2.05) is 13.0 Å². The molecular weight excluding hydrogens is 278 g/mol. The summed E-state index contributed by atoms with van der Waals surface area (Å²) in [7, 11) is 0. The second-order valence-electron chi connectivity index (χ2n) is 4.36. The van der Waals surface area contributed by atoms with E-state index in [4.69, 9.17) is 11.2 Å². The van der Waals surface area contributed by atoms with E-state index in [0.29, 0.717) is 12.6 Å². The smallest absolute Gasteiger partial charge is 0.148 e. The number of benzene rings is 1. The number of terminal acetylenes is 1. The summed E-state index contributed by atoms with van der Waals surface area (Å²) in [6, 6.07) is 4.83. The number of halogens is 1. The van der Waals surface area contributed by atoms with Gasteiger partial charge in [0.2, 0.25) is 0 Å². The van der Waals surface area contributed by atoms with Crippen LogP contribution in [0, 0.1) is 19.3 Å². The summed E-state index contributed by atoms with van der Waals surface area (Å²) < 4.78 is 6.71. The van der Waals surface area contributed by atoms with Crippen LogP contribution in [0.3, 0.4) is 0 Å². The number of nitrogens with one attached hydrogen (secondary N) is 1. The maximum absolute atomic E-state index is 5.63. The van der Waals surface area contributed by atoms with Crippen molar-refractivity contribution in [2.24, 2.45) is 0 Å². The molecule has 0 saturated heterocycles. The third-order valence-electron chi connectivity index (χ3n) is 2.77. The Morgan fingerprint density at radius 1 is 1.53 bits per heavy atom. The molecule has 0 atom stereocenters. The van der Waals surface area contributed by atoms with Crippen LogP contribution in [-0.4, -0.2) is 12.6 Å². The van der Waals surface area contributed by atoms with Crippen LogP contribution in [0.5, 0.6) is 5.75 Å².